The van der Waals surface area contributed by atoms with E-state index in [2.05, 4.69) is 26.2 Å². The van der Waals surface area contributed by atoms with E-state index in [1.54, 1.807) is 12.1 Å². The molecule has 0 radical (unpaired) electrons. The molecule has 0 amide bonds. The highest BCUT2D eigenvalue weighted by molar-refractivity contribution is 9.10. The Morgan fingerprint density at radius 2 is 2.29 bits per heavy atom. The second-order valence-electron chi connectivity index (χ2n) is 2.73. The van der Waals surface area contributed by atoms with Gasteiger partial charge in [-0.15, -0.1) is 0 Å². The average molecular weight is 267 g/mol. The number of hydrogen-bond donors (Lipinski definition) is 2. The van der Waals surface area contributed by atoms with Gasteiger partial charge in [-0.25, -0.2) is 13.8 Å². The van der Waals surface area contributed by atoms with Gasteiger partial charge in [-0.05, 0) is 12.1 Å². The number of rotatable bonds is 4. The number of hydrogen-bond acceptors (Lipinski definition) is 3. The summed E-state index contributed by atoms with van der Waals surface area (Å²) in [4.78, 5) is 3.82. The lowest BCUT2D eigenvalue weighted by molar-refractivity contribution is -0.0373. The van der Waals surface area contributed by atoms with E-state index in [-0.39, 0.29) is 0 Å². The molecule has 0 saturated heterocycles. The van der Waals surface area contributed by atoms with Crippen LogP contribution in [0.1, 0.15) is 0 Å². The van der Waals surface area contributed by atoms with Gasteiger partial charge < -0.3 is 10.4 Å². The molecule has 1 rings (SSSR count). The summed E-state index contributed by atoms with van der Waals surface area (Å²) in [5.74, 6) is -2.78. The van der Waals surface area contributed by atoms with E-state index in [1.165, 1.54) is 6.20 Å². The van der Waals surface area contributed by atoms with Gasteiger partial charge in [0.1, 0.15) is 12.4 Å². The van der Waals surface area contributed by atoms with Crippen LogP contribution in [0.15, 0.2) is 22.8 Å². The van der Waals surface area contributed by atoms with Crippen molar-refractivity contribution in [2.45, 2.75) is 5.92 Å². The van der Waals surface area contributed by atoms with Gasteiger partial charge in [0.05, 0.1) is 6.54 Å². The molecular formula is C8H9BrF2N2O. The van der Waals surface area contributed by atoms with Crippen LogP contribution >= 0.6 is 15.9 Å². The van der Waals surface area contributed by atoms with Crippen LogP contribution in [0.4, 0.5) is 14.6 Å². The second-order valence-corrected chi connectivity index (χ2v) is 3.64. The minimum atomic E-state index is -3.12. The smallest absolute Gasteiger partial charge is 0.287 e. The lowest BCUT2D eigenvalue weighted by Crippen LogP contribution is -2.31. The summed E-state index contributed by atoms with van der Waals surface area (Å²) in [6, 6.07) is 3.27. The lowest BCUT2D eigenvalue weighted by atomic mass is 10.3. The minimum absolute atomic E-state index is 0.340. The van der Waals surface area contributed by atoms with E-state index in [9.17, 15) is 8.78 Å². The number of aromatic nitrogens is 1. The van der Waals surface area contributed by atoms with E-state index in [4.69, 9.17) is 5.11 Å². The summed E-state index contributed by atoms with van der Waals surface area (Å²) in [5.41, 5.74) is 0. The molecule has 14 heavy (non-hydrogen) atoms. The molecule has 0 saturated carbocycles. The zero-order valence-corrected chi connectivity index (χ0v) is 8.76. The van der Waals surface area contributed by atoms with E-state index < -0.39 is 19.1 Å². The molecule has 2 N–H and O–H groups in total. The Hall–Kier alpha value is -0.750. The standard InChI is InChI=1S/C8H9BrF2N2O/c9-6-1-2-12-7(3-6)13-4-8(10,11)5-14/h1-3,14H,4-5H2,(H,12,13). The van der Waals surface area contributed by atoms with E-state index in [1.807, 2.05) is 0 Å². The molecule has 78 valence electrons. The molecule has 0 aliphatic heterocycles. The Kier molecular flexibility index (Phi) is 3.77. The van der Waals surface area contributed by atoms with Crippen LogP contribution in [-0.2, 0) is 0 Å². The molecule has 1 aromatic rings. The van der Waals surface area contributed by atoms with Crippen LogP contribution in [0.2, 0.25) is 0 Å². The number of halogens is 3. The number of anilines is 1. The van der Waals surface area contributed by atoms with Crippen LogP contribution in [0, 0.1) is 0 Å². The second kappa shape index (κ2) is 4.65. The van der Waals surface area contributed by atoms with Gasteiger partial charge in [-0.2, -0.15) is 0 Å². The third-order valence-electron chi connectivity index (χ3n) is 1.48. The molecule has 1 aromatic heterocycles. The highest BCUT2D eigenvalue weighted by Gasteiger charge is 2.27. The van der Waals surface area contributed by atoms with Crippen molar-refractivity contribution in [2.24, 2.45) is 0 Å². The zero-order valence-electron chi connectivity index (χ0n) is 7.17. The Bertz CT molecular complexity index is 309. The first-order chi connectivity index (χ1) is 6.53. The average Bonchev–Trinajstić information content (AvgIpc) is 2.15. The maximum Gasteiger partial charge on any atom is 0.287 e. The third kappa shape index (κ3) is 3.55. The summed E-state index contributed by atoms with van der Waals surface area (Å²) in [7, 11) is 0. The monoisotopic (exact) mass is 266 g/mol. The number of nitrogens with one attached hydrogen (secondary N) is 1. The van der Waals surface area contributed by atoms with Gasteiger partial charge >= 0.3 is 0 Å². The summed E-state index contributed by atoms with van der Waals surface area (Å²) in [6.07, 6.45) is 1.49. The lowest BCUT2D eigenvalue weighted by Gasteiger charge is -2.14. The highest BCUT2D eigenvalue weighted by Crippen LogP contribution is 2.16. The van der Waals surface area contributed by atoms with Gasteiger partial charge in [0.15, 0.2) is 0 Å². The predicted molar refractivity (Wildman–Crippen MR) is 52.5 cm³/mol. The summed E-state index contributed by atoms with van der Waals surface area (Å²) >= 11 is 3.18. The summed E-state index contributed by atoms with van der Waals surface area (Å²) in [6.45, 7) is -1.80. The Labute approximate surface area is 88.3 Å². The van der Waals surface area contributed by atoms with Crippen LogP contribution in [0.25, 0.3) is 0 Å². The number of alkyl halides is 2. The van der Waals surface area contributed by atoms with E-state index in [0.717, 1.165) is 4.47 Å². The Balaban J connectivity index is 2.54. The maximum absolute atomic E-state index is 12.6. The summed E-state index contributed by atoms with van der Waals surface area (Å²) in [5, 5.41) is 10.7. The topological polar surface area (TPSA) is 45.1 Å². The molecule has 0 aliphatic carbocycles. The van der Waals surface area contributed by atoms with Gasteiger partial charge in [0, 0.05) is 10.7 Å². The van der Waals surface area contributed by atoms with Crippen molar-refractivity contribution in [3.05, 3.63) is 22.8 Å². The van der Waals surface area contributed by atoms with Crippen molar-refractivity contribution >= 4 is 21.7 Å². The van der Waals surface area contributed by atoms with Crippen molar-refractivity contribution in [2.75, 3.05) is 18.5 Å². The minimum Gasteiger partial charge on any atom is -0.390 e. The van der Waals surface area contributed by atoms with E-state index >= 15 is 0 Å². The Morgan fingerprint density at radius 3 is 2.86 bits per heavy atom. The zero-order chi connectivity index (χ0) is 10.6. The fourth-order valence-electron chi connectivity index (χ4n) is 0.777. The highest BCUT2D eigenvalue weighted by atomic mass is 79.9. The van der Waals surface area contributed by atoms with Crippen LogP contribution in [0.5, 0.6) is 0 Å². The first-order valence-electron chi connectivity index (χ1n) is 3.87. The molecule has 0 aromatic carbocycles. The number of pyridine rings is 1. The van der Waals surface area contributed by atoms with Crippen LogP contribution in [0.3, 0.4) is 0 Å². The molecule has 0 unspecified atom stereocenters. The van der Waals surface area contributed by atoms with Gasteiger partial charge in [-0.3, -0.25) is 0 Å². The van der Waals surface area contributed by atoms with Gasteiger partial charge in [0.25, 0.3) is 5.92 Å². The number of aliphatic hydroxyl groups excluding tert-OH is 1. The molecule has 0 spiro atoms. The fraction of sp³-hybridized carbons (Fsp3) is 0.375. The summed E-state index contributed by atoms with van der Waals surface area (Å²) < 4.78 is 25.9. The first-order valence-corrected chi connectivity index (χ1v) is 4.67. The van der Waals surface area contributed by atoms with Gasteiger partial charge in [0.2, 0.25) is 0 Å². The van der Waals surface area contributed by atoms with Crippen LogP contribution in [-0.4, -0.2) is 29.2 Å². The molecular weight excluding hydrogens is 258 g/mol. The Morgan fingerprint density at radius 1 is 1.57 bits per heavy atom. The van der Waals surface area contributed by atoms with Gasteiger partial charge in [-0.1, -0.05) is 15.9 Å². The van der Waals surface area contributed by atoms with Crippen molar-refractivity contribution in [1.29, 1.82) is 0 Å². The number of nitrogens with zero attached hydrogens (tertiary/aromatic N) is 1. The fourth-order valence-corrected chi connectivity index (χ4v) is 1.11. The quantitative estimate of drug-likeness (QED) is 0.875. The molecule has 1 heterocycles. The number of aliphatic hydroxyl groups is 1. The normalized spacial score (nSPS) is 11.4. The predicted octanol–water partition coefficient (Wildman–Crippen LogP) is 1.88. The SMILES string of the molecule is OCC(F)(F)CNc1cc(Br)ccn1. The molecule has 0 atom stereocenters. The van der Waals surface area contributed by atoms with Crippen molar-refractivity contribution < 1.29 is 13.9 Å². The third-order valence-corrected chi connectivity index (χ3v) is 1.97. The largest absolute Gasteiger partial charge is 0.390 e. The molecule has 0 aliphatic rings. The molecule has 3 nitrogen and oxygen atoms in total. The first kappa shape index (κ1) is 11.3. The van der Waals surface area contributed by atoms with Crippen LogP contribution < -0.4 is 5.32 Å². The molecule has 0 fully saturated rings. The van der Waals surface area contributed by atoms with Crippen molar-refractivity contribution in [3.8, 4) is 0 Å². The molecule has 0 bridgehead atoms. The van der Waals surface area contributed by atoms with Crippen molar-refractivity contribution in [3.63, 3.8) is 0 Å². The van der Waals surface area contributed by atoms with E-state index in [0.29, 0.717) is 5.82 Å². The molecule has 6 heteroatoms. The maximum atomic E-state index is 12.6. The van der Waals surface area contributed by atoms with Crippen molar-refractivity contribution in [1.82, 2.24) is 4.98 Å².